The molecule has 0 bridgehead atoms. The van der Waals surface area contributed by atoms with Crippen LogP contribution in [0.5, 0.6) is 0 Å². The number of alkyl halides is 3. The van der Waals surface area contributed by atoms with Crippen molar-refractivity contribution in [2.45, 2.75) is 32.4 Å². The zero-order valence-electron chi connectivity index (χ0n) is 18.7. The lowest BCUT2D eigenvalue weighted by molar-refractivity contribution is -0.192. The number of halogens is 3. The summed E-state index contributed by atoms with van der Waals surface area (Å²) in [6.45, 7) is 3.52. The standard InChI is InChI=1S/C24H24N2O.C2HF3O2/c1-2-24(27)26-13-11-19(12-14-26)15-18-7-9-20(10-8-18)22-16-21-5-3-4-6-23(21)25-17-22;3-2(4,5)1(6)7/h3-11,16-17H,2,12-15H2,1H3;(H,6,7). The van der Waals surface area contributed by atoms with E-state index in [4.69, 9.17) is 9.90 Å². The zero-order valence-corrected chi connectivity index (χ0v) is 18.7. The maximum absolute atomic E-state index is 11.8. The summed E-state index contributed by atoms with van der Waals surface area (Å²) in [5, 5.41) is 8.29. The Morgan fingerprint density at radius 1 is 1.06 bits per heavy atom. The van der Waals surface area contributed by atoms with Crippen LogP contribution in [0.3, 0.4) is 0 Å². The van der Waals surface area contributed by atoms with Crippen LogP contribution in [0.4, 0.5) is 13.2 Å². The first-order chi connectivity index (χ1) is 16.2. The van der Waals surface area contributed by atoms with E-state index in [2.05, 4.69) is 47.5 Å². The SMILES string of the molecule is CCC(=O)N1CC=C(Cc2ccc(-c3cnc4ccccc4c3)cc2)CC1.O=C(O)C(F)(F)F. The predicted molar refractivity (Wildman–Crippen MR) is 124 cm³/mol. The maximum atomic E-state index is 11.8. The topological polar surface area (TPSA) is 70.5 Å². The van der Waals surface area contributed by atoms with Crippen LogP contribution < -0.4 is 0 Å². The molecule has 2 heterocycles. The smallest absolute Gasteiger partial charge is 0.475 e. The Hall–Kier alpha value is -3.68. The number of rotatable bonds is 4. The average Bonchev–Trinajstić information content (AvgIpc) is 2.84. The molecule has 1 aliphatic heterocycles. The molecule has 178 valence electrons. The van der Waals surface area contributed by atoms with Crippen molar-refractivity contribution in [3.63, 3.8) is 0 Å². The Bertz CT molecular complexity index is 1190. The minimum absolute atomic E-state index is 0.249. The van der Waals surface area contributed by atoms with Crippen molar-refractivity contribution in [1.82, 2.24) is 9.88 Å². The summed E-state index contributed by atoms with van der Waals surface area (Å²) in [7, 11) is 0. The number of aliphatic carboxylic acids is 1. The van der Waals surface area contributed by atoms with Crippen molar-refractivity contribution in [3.8, 4) is 11.1 Å². The second kappa shape index (κ2) is 11.0. The van der Waals surface area contributed by atoms with Gasteiger partial charge in [0.25, 0.3) is 0 Å². The number of carbonyl (C=O) groups is 2. The van der Waals surface area contributed by atoms with Gasteiger partial charge in [0.15, 0.2) is 0 Å². The number of carboxylic acids is 1. The average molecular weight is 470 g/mol. The van der Waals surface area contributed by atoms with Crippen molar-refractivity contribution in [2.24, 2.45) is 0 Å². The second-order valence-electron chi connectivity index (χ2n) is 7.90. The lowest BCUT2D eigenvalue weighted by atomic mass is 9.97. The van der Waals surface area contributed by atoms with E-state index in [0.29, 0.717) is 6.42 Å². The molecule has 0 atom stereocenters. The third-order valence-corrected chi connectivity index (χ3v) is 5.51. The van der Waals surface area contributed by atoms with E-state index < -0.39 is 12.1 Å². The van der Waals surface area contributed by atoms with Gasteiger partial charge < -0.3 is 10.0 Å². The van der Waals surface area contributed by atoms with Crippen LogP contribution in [-0.4, -0.2) is 46.1 Å². The molecular weight excluding hydrogens is 445 g/mol. The first-order valence-electron chi connectivity index (χ1n) is 10.9. The van der Waals surface area contributed by atoms with Crippen molar-refractivity contribution in [3.05, 3.63) is 78.0 Å². The Kier molecular flexibility index (Phi) is 8.04. The molecule has 8 heteroatoms. The van der Waals surface area contributed by atoms with E-state index in [1.54, 1.807) is 0 Å². The van der Waals surface area contributed by atoms with Gasteiger partial charge >= 0.3 is 12.1 Å². The quantitative estimate of drug-likeness (QED) is 0.501. The third-order valence-electron chi connectivity index (χ3n) is 5.51. The predicted octanol–water partition coefficient (Wildman–Crippen LogP) is 5.65. The summed E-state index contributed by atoms with van der Waals surface area (Å²) >= 11 is 0. The lowest BCUT2D eigenvalue weighted by Crippen LogP contribution is -2.34. The minimum atomic E-state index is -5.08. The number of para-hydroxylation sites is 1. The molecule has 2 aromatic carbocycles. The molecule has 0 unspecified atom stereocenters. The summed E-state index contributed by atoms with van der Waals surface area (Å²) in [6.07, 6.45) is 1.61. The fourth-order valence-electron chi connectivity index (χ4n) is 3.63. The van der Waals surface area contributed by atoms with Crippen LogP contribution in [0.15, 0.2) is 72.4 Å². The zero-order chi connectivity index (χ0) is 24.7. The number of pyridine rings is 1. The van der Waals surface area contributed by atoms with Crippen LogP contribution >= 0.6 is 0 Å². The van der Waals surface area contributed by atoms with Gasteiger partial charge in [-0.2, -0.15) is 13.2 Å². The Morgan fingerprint density at radius 3 is 2.32 bits per heavy atom. The van der Waals surface area contributed by atoms with E-state index in [9.17, 15) is 18.0 Å². The molecule has 4 rings (SSSR count). The minimum Gasteiger partial charge on any atom is -0.475 e. The van der Waals surface area contributed by atoms with Gasteiger partial charge in [-0.05, 0) is 36.1 Å². The van der Waals surface area contributed by atoms with Gasteiger partial charge in [0.1, 0.15) is 0 Å². The van der Waals surface area contributed by atoms with Gasteiger partial charge in [0.05, 0.1) is 5.52 Å². The summed E-state index contributed by atoms with van der Waals surface area (Å²) < 4.78 is 31.7. The maximum Gasteiger partial charge on any atom is 0.490 e. The van der Waals surface area contributed by atoms with Crippen LogP contribution in [0.2, 0.25) is 0 Å². The van der Waals surface area contributed by atoms with Crippen LogP contribution in [0, 0.1) is 0 Å². The molecule has 1 N–H and O–H groups in total. The highest BCUT2D eigenvalue weighted by Gasteiger charge is 2.38. The highest BCUT2D eigenvalue weighted by molar-refractivity contribution is 5.83. The van der Waals surface area contributed by atoms with Gasteiger partial charge in [0, 0.05) is 36.7 Å². The molecule has 0 radical (unpaired) electrons. The number of benzene rings is 2. The fourth-order valence-corrected chi connectivity index (χ4v) is 3.63. The Morgan fingerprint density at radius 2 is 1.74 bits per heavy atom. The van der Waals surface area contributed by atoms with Crippen molar-refractivity contribution in [2.75, 3.05) is 13.1 Å². The number of carboxylic acid groups (broad SMARTS) is 1. The van der Waals surface area contributed by atoms with Gasteiger partial charge in [-0.1, -0.05) is 61.0 Å². The molecule has 0 saturated heterocycles. The Labute approximate surface area is 195 Å². The van der Waals surface area contributed by atoms with Crippen molar-refractivity contribution < 1.29 is 27.9 Å². The number of hydrogen-bond donors (Lipinski definition) is 1. The number of nitrogens with zero attached hydrogens (tertiary/aromatic N) is 2. The second-order valence-corrected chi connectivity index (χ2v) is 7.90. The Balaban J connectivity index is 0.000000406. The van der Waals surface area contributed by atoms with Crippen LogP contribution in [0.25, 0.3) is 22.0 Å². The molecule has 0 fully saturated rings. The molecule has 1 aliphatic rings. The third kappa shape index (κ3) is 6.66. The van der Waals surface area contributed by atoms with Crippen LogP contribution in [0.1, 0.15) is 25.3 Å². The molecular formula is C26H25F3N2O3. The molecule has 1 amide bonds. The summed E-state index contributed by atoms with van der Waals surface area (Å²) in [5.41, 5.74) is 6.10. The first kappa shape index (κ1) is 25.0. The van der Waals surface area contributed by atoms with Crippen LogP contribution in [-0.2, 0) is 16.0 Å². The van der Waals surface area contributed by atoms with Gasteiger partial charge in [0.2, 0.25) is 5.91 Å². The molecule has 3 aromatic rings. The fraction of sp³-hybridized carbons (Fsp3) is 0.269. The van der Waals surface area contributed by atoms with E-state index >= 15 is 0 Å². The molecule has 5 nitrogen and oxygen atoms in total. The highest BCUT2D eigenvalue weighted by Crippen LogP contribution is 2.24. The molecule has 0 saturated carbocycles. The lowest BCUT2D eigenvalue weighted by Gasteiger charge is -2.26. The first-order valence-corrected chi connectivity index (χ1v) is 10.9. The monoisotopic (exact) mass is 470 g/mol. The van der Waals surface area contributed by atoms with E-state index in [1.165, 1.54) is 16.7 Å². The van der Waals surface area contributed by atoms with Crippen molar-refractivity contribution >= 4 is 22.8 Å². The summed E-state index contributed by atoms with van der Waals surface area (Å²) in [4.78, 5) is 27.2. The van der Waals surface area contributed by atoms with Gasteiger partial charge in [-0.3, -0.25) is 9.78 Å². The molecule has 34 heavy (non-hydrogen) atoms. The number of hydrogen-bond acceptors (Lipinski definition) is 3. The number of aromatic nitrogens is 1. The van der Waals surface area contributed by atoms with Gasteiger partial charge in [-0.15, -0.1) is 0 Å². The van der Waals surface area contributed by atoms with E-state index in [1.807, 2.05) is 36.2 Å². The molecule has 0 aliphatic carbocycles. The molecule has 1 aromatic heterocycles. The normalized spacial score (nSPS) is 13.6. The van der Waals surface area contributed by atoms with Gasteiger partial charge in [-0.25, -0.2) is 4.79 Å². The highest BCUT2D eigenvalue weighted by atomic mass is 19.4. The van der Waals surface area contributed by atoms with E-state index in [0.717, 1.165) is 42.4 Å². The molecule has 0 spiro atoms. The summed E-state index contributed by atoms with van der Waals surface area (Å²) in [6, 6.07) is 19.2. The summed E-state index contributed by atoms with van der Waals surface area (Å²) in [5.74, 6) is -2.51. The van der Waals surface area contributed by atoms with E-state index in [-0.39, 0.29) is 5.91 Å². The number of carbonyl (C=O) groups excluding carboxylic acids is 1. The van der Waals surface area contributed by atoms with Crippen molar-refractivity contribution in [1.29, 1.82) is 0 Å². The number of amides is 1. The largest absolute Gasteiger partial charge is 0.490 e. The number of fused-ring (bicyclic) bond motifs is 1.